The fourth-order valence-corrected chi connectivity index (χ4v) is 3.12. The molecule has 0 bridgehead atoms. The van der Waals surface area contributed by atoms with Crippen molar-refractivity contribution < 1.29 is 14.4 Å². The van der Waals surface area contributed by atoms with Crippen molar-refractivity contribution in [3.8, 4) is 17.2 Å². The van der Waals surface area contributed by atoms with Crippen LogP contribution in [0.15, 0.2) is 22.7 Å². The van der Waals surface area contributed by atoms with Crippen molar-refractivity contribution in [3.05, 3.63) is 27.6 Å². The van der Waals surface area contributed by atoms with Crippen LogP contribution in [0.25, 0.3) is 11.5 Å². The highest BCUT2D eigenvalue weighted by Crippen LogP contribution is 2.31. The number of hydrogen-bond acceptors (Lipinski definition) is 6. The average molecular weight is 390 g/mol. The van der Waals surface area contributed by atoms with Gasteiger partial charge < -0.3 is 14.4 Å². The third kappa shape index (κ3) is 2.87. The average Bonchev–Trinajstić information content (AvgIpc) is 2.92. The summed E-state index contributed by atoms with van der Waals surface area (Å²) in [7, 11) is 0. The van der Waals surface area contributed by atoms with Gasteiger partial charge in [0.05, 0.1) is 12.2 Å². The zero-order chi connectivity index (χ0) is 13.2. The van der Waals surface area contributed by atoms with Crippen LogP contribution in [-0.2, 0) is 4.74 Å². The third-order valence-electron chi connectivity index (χ3n) is 2.73. The molecule has 0 radical (unpaired) electrons. The van der Waals surface area contributed by atoms with Gasteiger partial charge in [0.2, 0.25) is 5.82 Å². The monoisotopic (exact) mass is 390 g/mol. The summed E-state index contributed by atoms with van der Waals surface area (Å²) in [5, 5.41) is 13.8. The minimum atomic E-state index is -0.124. The van der Waals surface area contributed by atoms with Gasteiger partial charge in [-0.3, -0.25) is 0 Å². The first-order valence-electron chi connectivity index (χ1n) is 5.76. The molecule has 1 unspecified atom stereocenters. The van der Waals surface area contributed by atoms with Crippen molar-refractivity contribution in [2.24, 2.45) is 0 Å². The minimum absolute atomic E-state index is 0.124. The summed E-state index contributed by atoms with van der Waals surface area (Å²) >= 11 is 3.98. The molecule has 1 aromatic carbocycles. The van der Waals surface area contributed by atoms with E-state index in [1.807, 2.05) is 23.9 Å². The van der Waals surface area contributed by atoms with E-state index in [-0.39, 0.29) is 11.9 Å². The molecule has 1 aromatic heterocycles. The molecule has 1 N–H and O–H groups in total. The van der Waals surface area contributed by atoms with Crippen molar-refractivity contribution >= 4 is 34.4 Å². The zero-order valence-corrected chi connectivity index (χ0v) is 12.8. The minimum Gasteiger partial charge on any atom is -0.507 e. The van der Waals surface area contributed by atoms with Gasteiger partial charge in [0.25, 0.3) is 5.89 Å². The summed E-state index contributed by atoms with van der Waals surface area (Å²) in [6.45, 7) is 0.702. The standard InChI is InChI=1S/C12H11IN2O3S/c13-7-1-2-9(16)8(5-7)12-14-11(15-18-12)10-6-19-4-3-17-10/h1-2,5,10,16H,3-4,6H2. The van der Waals surface area contributed by atoms with E-state index in [2.05, 4.69) is 32.7 Å². The van der Waals surface area contributed by atoms with Crippen molar-refractivity contribution in [1.29, 1.82) is 0 Å². The Morgan fingerprint density at radius 2 is 2.32 bits per heavy atom. The number of aromatic nitrogens is 2. The van der Waals surface area contributed by atoms with E-state index >= 15 is 0 Å². The Bertz CT molecular complexity index is 584. The van der Waals surface area contributed by atoms with Crippen LogP contribution in [-0.4, -0.2) is 33.4 Å². The Morgan fingerprint density at radius 1 is 1.42 bits per heavy atom. The molecule has 5 nitrogen and oxygen atoms in total. The lowest BCUT2D eigenvalue weighted by Crippen LogP contribution is -2.16. The smallest absolute Gasteiger partial charge is 0.261 e. The Labute approximate surface area is 127 Å². The van der Waals surface area contributed by atoms with Crippen LogP contribution < -0.4 is 0 Å². The molecule has 0 spiro atoms. The molecule has 1 fully saturated rings. The molecule has 3 rings (SSSR count). The maximum Gasteiger partial charge on any atom is 0.261 e. The Balaban J connectivity index is 1.89. The summed E-state index contributed by atoms with van der Waals surface area (Å²) in [5.74, 6) is 2.83. The highest BCUT2D eigenvalue weighted by molar-refractivity contribution is 14.1. The molecule has 0 saturated carbocycles. The van der Waals surface area contributed by atoms with Gasteiger partial charge in [-0.15, -0.1) is 0 Å². The van der Waals surface area contributed by atoms with Crippen LogP contribution in [0.5, 0.6) is 5.75 Å². The van der Waals surface area contributed by atoms with E-state index in [1.165, 1.54) is 0 Å². The van der Waals surface area contributed by atoms with Crippen LogP contribution >= 0.6 is 34.4 Å². The fraction of sp³-hybridized carbons (Fsp3) is 0.333. The lowest BCUT2D eigenvalue weighted by molar-refractivity contribution is 0.0677. The molecule has 2 aromatic rings. The van der Waals surface area contributed by atoms with Crippen molar-refractivity contribution in [3.63, 3.8) is 0 Å². The van der Waals surface area contributed by atoms with Gasteiger partial charge in [-0.05, 0) is 40.8 Å². The maximum absolute atomic E-state index is 9.84. The number of thioether (sulfide) groups is 1. The highest BCUT2D eigenvalue weighted by Gasteiger charge is 2.23. The largest absolute Gasteiger partial charge is 0.507 e. The first kappa shape index (κ1) is 13.2. The van der Waals surface area contributed by atoms with Crippen LogP contribution in [0.2, 0.25) is 0 Å². The van der Waals surface area contributed by atoms with Crippen LogP contribution in [0.1, 0.15) is 11.9 Å². The van der Waals surface area contributed by atoms with Crippen LogP contribution in [0, 0.1) is 3.57 Å². The number of halogens is 1. The lowest BCUT2D eigenvalue weighted by Gasteiger charge is -2.18. The SMILES string of the molecule is Oc1ccc(I)cc1-c1nc(C2CSCCO2)no1. The Kier molecular flexibility index (Phi) is 3.94. The van der Waals surface area contributed by atoms with Gasteiger partial charge in [0.1, 0.15) is 11.9 Å². The molecular weight excluding hydrogens is 379 g/mol. The molecular formula is C12H11IN2O3S. The van der Waals surface area contributed by atoms with E-state index in [0.29, 0.717) is 23.9 Å². The molecule has 1 aliphatic heterocycles. The van der Waals surface area contributed by atoms with E-state index in [9.17, 15) is 5.11 Å². The van der Waals surface area contributed by atoms with Crippen molar-refractivity contribution in [2.45, 2.75) is 6.10 Å². The lowest BCUT2D eigenvalue weighted by atomic mass is 10.2. The van der Waals surface area contributed by atoms with Gasteiger partial charge in [-0.2, -0.15) is 16.7 Å². The summed E-state index contributed by atoms with van der Waals surface area (Å²) < 4.78 is 11.8. The van der Waals surface area contributed by atoms with E-state index < -0.39 is 0 Å². The summed E-state index contributed by atoms with van der Waals surface area (Å²) in [6, 6.07) is 5.25. The maximum atomic E-state index is 9.84. The predicted octanol–water partition coefficient (Wildman–Crippen LogP) is 2.85. The second-order valence-corrected chi connectivity index (χ2v) is 6.45. The second-order valence-electron chi connectivity index (χ2n) is 4.05. The summed E-state index contributed by atoms with van der Waals surface area (Å²) in [5.41, 5.74) is 0.550. The molecule has 7 heteroatoms. The normalized spacial score (nSPS) is 19.5. The molecule has 1 saturated heterocycles. The van der Waals surface area contributed by atoms with E-state index in [1.54, 1.807) is 6.07 Å². The summed E-state index contributed by atoms with van der Waals surface area (Å²) in [4.78, 5) is 4.33. The second kappa shape index (κ2) is 5.68. The Morgan fingerprint density at radius 3 is 3.11 bits per heavy atom. The Hall–Kier alpha value is -0.800. The number of nitrogens with zero attached hydrogens (tertiary/aromatic N) is 2. The quantitative estimate of drug-likeness (QED) is 0.796. The zero-order valence-electron chi connectivity index (χ0n) is 9.88. The number of aromatic hydroxyl groups is 1. The highest BCUT2D eigenvalue weighted by atomic mass is 127. The fourth-order valence-electron chi connectivity index (χ4n) is 1.79. The van der Waals surface area contributed by atoms with Crippen LogP contribution in [0.3, 0.4) is 0 Å². The van der Waals surface area contributed by atoms with Gasteiger partial charge in [0, 0.05) is 15.1 Å². The number of phenolic OH excluding ortho intramolecular Hbond substituents is 1. The number of ether oxygens (including phenoxy) is 1. The van der Waals surface area contributed by atoms with Gasteiger partial charge in [-0.25, -0.2) is 0 Å². The predicted molar refractivity (Wildman–Crippen MR) is 80.1 cm³/mol. The van der Waals surface area contributed by atoms with Crippen molar-refractivity contribution in [1.82, 2.24) is 10.1 Å². The number of benzene rings is 1. The van der Waals surface area contributed by atoms with Gasteiger partial charge in [0.15, 0.2) is 0 Å². The van der Waals surface area contributed by atoms with E-state index in [0.717, 1.165) is 15.1 Å². The van der Waals surface area contributed by atoms with E-state index in [4.69, 9.17) is 9.26 Å². The first-order valence-corrected chi connectivity index (χ1v) is 7.99. The number of rotatable bonds is 2. The molecule has 0 aliphatic carbocycles. The molecule has 0 amide bonds. The molecule has 2 heterocycles. The number of hydrogen-bond donors (Lipinski definition) is 1. The van der Waals surface area contributed by atoms with Crippen LogP contribution in [0.4, 0.5) is 0 Å². The van der Waals surface area contributed by atoms with Crippen molar-refractivity contribution in [2.75, 3.05) is 18.1 Å². The van der Waals surface area contributed by atoms with Gasteiger partial charge in [-0.1, -0.05) is 5.16 Å². The number of phenols is 1. The molecule has 19 heavy (non-hydrogen) atoms. The molecule has 1 aliphatic rings. The summed E-state index contributed by atoms with van der Waals surface area (Å²) in [6.07, 6.45) is -0.124. The third-order valence-corrected chi connectivity index (χ3v) is 4.40. The van der Waals surface area contributed by atoms with Gasteiger partial charge >= 0.3 is 0 Å². The molecule has 1 atom stereocenters. The molecule has 100 valence electrons. The first-order chi connectivity index (χ1) is 9.24. The topological polar surface area (TPSA) is 68.4 Å².